The van der Waals surface area contributed by atoms with Crippen molar-refractivity contribution < 1.29 is 9.18 Å². The number of nitrogens with two attached hydrogens (primary N) is 1. The standard InChI is InChI=1S/C18H16FN3OS/c19-14-8-6-13(7-9-14)18-22-15(11-24-18)10-21-16(17(20)23)12-4-2-1-3-5-12/h1-9,11,16,21H,10H2,(H2,20,23)/t16-/m0/s1. The lowest BCUT2D eigenvalue weighted by atomic mass is 10.1. The molecule has 1 aromatic heterocycles. The van der Waals surface area contributed by atoms with Crippen molar-refractivity contribution in [1.82, 2.24) is 10.3 Å². The molecule has 0 bridgehead atoms. The predicted molar refractivity (Wildman–Crippen MR) is 92.7 cm³/mol. The molecule has 4 nitrogen and oxygen atoms in total. The lowest BCUT2D eigenvalue weighted by Crippen LogP contribution is -2.33. The minimum Gasteiger partial charge on any atom is -0.368 e. The zero-order valence-corrected chi connectivity index (χ0v) is 13.6. The van der Waals surface area contributed by atoms with Crippen LogP contribution in [-0.2, 0) is 11.3 Å². The Balaban J connectivity index is 1.70. The van der Waals surface area contributed by atoms with Gasteiger partial charge in [-0.15, -0.1) is 11.3 Å². The van der Waals surface area contributed by atoms with E-state index < -0.39 is 11.9 Å². The van der Waals surface area contributed by atoms with Gasteiger partial charge in [-0.1, -0.05) is 30.3 Å². The molecule has 3 aromatic rings. The molecule has 0 saturated carbocycles. The summed E-state index contributed by atoms with van der Waals surface area (Å²) >= 11 is 1.47. The first-order valence-electron chi connectivity index (χ1n) is 7.41. The van der Waals surface area contributed by atoms with Gasteiger partial charge < -0.3 is 5.73 Å². The molecule has 0 radical (unpaired) electrons. The highest BCUT2D eigenvalue weighted by atomic mass is 32.1. The number of aromatic nitrogens is 1. The van der Waals surface area contributed by atoms with Gasteiger partial charge >= 0.3 is 0 Å². The fourth-order valence-corrected chi connectivity index (χ4v) is 3.17. The second kappa shape index (κ2) is 7.33. The van der Waals surface area contributed by atoms with Crippen LogP contribution in [0.25, 0.3) is 10.6 Å². The molecule has 2 aromatic carbocycles. The number of hydrogen-bond donors (Lipinski definition) is 2. The molecule has 1 amide bonds. The SMILES string of the molecule is NC(=O)[C@@H](NCc1csc(-c2ccc(F)cc2)n1)c1ccccc1. The smallest absolute Gasteiger partial charge is 0.239 e. The van der Waals surface area contributed by atoms with E-state index in [0.717, 1.165) is 21.8 Å². The van der Waals surface area contributed by atoms with E-state index in [9.17, 15) is 9.18 Å². The summed E-state index contributed by atoms with van der Waals surface area (Å²) in [6, 6.07) is 15.0. The van der Waals surface area contributed by atoms with Crippen molar-refractivity contribution in [3.05, 3.63) is 77.1 Å². The van der Waals surface area contributed by atoms with Crippen LogP contribution in [0, 0.1) is 5.82 Å². The number of nitrogens with one attached hydrogen (secondary N) is 1. The van der Waals surface area contributed by atoms with Gasteiger partial charge in [0.2, 0.25) is 5.91 Å². The predicted octanol–water partition coefficient (Wildman–Crippen LogP) is 3.27. The van der Waals surface area contributed by atoms with E-state index in [1.807, 2.05) is 35.7 Å². The molecule has 0 fully saturated rings. The maximum Gasteiger partial charge on any atom is 0.239 e. The second-order valence-electron chi connectivity index (χ2n) is 5.28. The third-order valence-corrected chi connectivity index (χ3v) is 4.49. The molecule has 0 spiro atoms. The fraction of sp³-hybridized carbons (Fsp3) is 0.111. The summed E-state index contributed by atoms with van der Waals surface area (Å²) in [6.07, 6.45) is 0. The Bertz CT molecular complexity index is 818. The van der Waals surface area contributed by atoms with Crippen molar-refractivity contribution in [3.8, 4) is 10.6 Å². The zero-order chi connectivity index (χ0) is 16.9. The van der Waals surface area contributed by atoms with Crippen molar-refractivity contribution in [2.24, 2.45) is 5.73 Å². The summed E-state index contributed by atoms with van der Waals surface area (Å²) in [5.41, 5.74) is 7.98. The third kappa shape index (κ3) is 3.84. The van der Waals surface area contributed by atoms with E-state index in [4.69, 9.17) is 5.73 Å². The van der Waals surface area contributed by atoms with E-state index in [1.165, 1.54) is 23.5 Å². The summed E-state index contributed by atoms with van der Waals surface area (Å²) in [7, 11) is 0. The molecule has 0 aliphatic heterocycles. The summed E-state index contributed by atoms with van der Waals surface area (Å²) in [5.74, 6) is -0.709. The maximum atomic E-state index is 13.0. The molecule has 0 saturated heterocycles. The van der Waals surface area contributed by atoms with Crippen LogP contribution in [0.5, 0.6) is 0 Å². The van der Waals surface area contributed by atoms with Gasteiger partial charge in [-0.25, -0.2) is 9.37 Å². The minimum absolute atomic E-state index is 0.274. The quantitative estimate of drug-likeness (QED) is 0.723. The van der Waals surface area contributed by atoms with Crippen molar-refractivity contribution in [2.75, 3.05) is 0 Å². The Labute approximate surface area is 143 Å². The summed E-state index contributed by atoms with van der Waals surface area (Å²) in [4.78, 5) is 16.2. The molecule has 24 heavy (non-hydrogen) atoms. The lowest BCUT2D eigenvalue weighted by molar-refractivity contribution is -0.120. The van der Waals surface area contributed by atoms with Crippen LogP contribution in [0.4, 0.5) is 4.39 Å². The monoisotopic (exact) mass is 341 g/mol. The number of carbonyl (C=O) groups excluding carboxylic acids is 1. The highest BCUT2D eigenvalue weighted by Crippen LogP contribution is 2.24. The van der Waals surface area contributed by atoms with Gasteiger partial charge in [-0.3, -0.25) is 10.1 Å². The van der Waals surface area contributed by atoms with Crippen LogP contribution in [-0.4, -0.2) is 10.9 Å². The number of benzene rings is 2. The van der Waals surface area contributed by atoms with Crippen LogP contribution in [0.2, 0.25) is 0 Å². The summed E-state index contributed by atoms with van der Waals surface area (Å²) in [6.45, 7) is 0.417. The Kier molecular flexibility index (Phi) is 4.98. The van der Waals surface area contributed by atoms with E-state index in [-0.39, 0.29) is 5.82 Å². The molecule has 0 unspecified atom stereocenters. The van der Waals surface area contributed by atoms with Gasteiger partial charge in [0.15, 0.2) is 0 Å². The topological polar surface area (TPSA) is 68.0 Å². The Morgan fingerprint density at radius 1 is 1.17 bits per heavy atom. The van der Waals surface area contributed by atoms with Crippen molar-refractivity contribution in [1.29, 1.82) is 0 Å². The zero-order valence-electron chi connectivity index (χ0n) is 12.8. The van der Waals surface area contributed by atoms with E-state index in [2.05, 4.69) is 10.3 Å². The number of carbonyl (C=O) groups is 1. The molecular formula is C18H16FN3OS. The van der Waals surface area contributed by atoms with Crippen molar-refractivity contribution >= 4 is 17.2 Å². The maximum absolute atomic E-state index is 13.0. The molecule has 1 atom stereocenters. The molecule has 0 aliphatic carbocycles. The summed E-state index contributed by atoms with van der Waals surface area (Å²) in [5, 5.41) is 5.85. The number of hydrogen-bond acceptors (Lipinski definition) is 4. The first-order chi connectivity index (χ1) is 11.6. The highest BCUT2D eigenvalue weighted by molar-refractivity contribution is 7.13. The van der Waals surface area contributed by atoms with Gasteiger partial charge in [0.25, 0.3) is 0 Å². The van der Waals surface area contributed by atoms with Crippen LogP contribution in [0.15, 0.2) is 60.0 Å². The van der Waals surface area contributed by atoms with E-state index in [1.54, 1.807) is 12.1 Å². The fourth-order valence-electron chi connectivity index (χ4n) is 2.35. The molecule has 0 aliphatic rings. The molecular weight excluding hydrogens is 325 g/mol. The average Bonchev–Trinajstić information content (AvgIpc) is 3.05. The third-order valence-electron chi connectivity index (χ3n) is 3.55. The highest BCUT2D eigenvalue weighted by Gasteiger charge is 2.17. The van der Waals surface area contributed by atoms with Gasteiger partial charge in [-0.05, 0) is 29.8 Å². The second-order valence-corrected chi connectivity index (χ2v) is 6.14. The van der Waals surface area contributed by atoms with Crippen LogP contribution in [0.3, 0.4) is 0 Å². The summed E-state index contributed by atoms with van der Waals surface area (Å²) < 4.78 is 13.0. The number of halogens is 1. The van der Waals surface area contributed by atoms with Crippen molar-refractivity contribution in [2.45, 2.75) is 12.6 Å². The minimum atomic E-state index is -0.567. The van der Waals surface area contributed by atoms with Crippen LogP contribution < -0.4 is 11.1 Å². The van der Waals surface area contributed by atoms with Gasteiger partial charge in [0.1, 0.15) is 16.9 Å². The van der Waals surface area contributed by atoms with Crippen LogP contribution in [0.1, 0.15) is 17.3 Å². The lowest BCUT2D eigenvalue weighted by Gasteiger charge is -2.14. The average molecular weight is 341 g/mol. The molecule has 3 rings (SSSR count). The number of nitrogens with zero attached hydrogens (tertiary/aromatic N) is 1. The molecule has 6 heteroatoms. The normalized spacial score (nSPS) is 12.0. The largest absolute Gasteiger partial charge is 0.368 e. The van der Waals surface area contributed by atoms with E-state index in [0.29, 0.717) is 6.54 Å². The van der Waals surface area contributed by atoms with Gasteiger partial charge in [0.05, 0.1) is 5.69 Å². The number of amides is 1. The van der Waals surface area contributed by atoms with Crippen LogP contribution >= 0.6 is 11.3 Å². The first-order valence-corrected chi connectivity index (χ1v) is 8.29. The van der Waals surface area contributed by atoms with Crippen molar-refractivity contribution in [3.63, 3.8) is 0 Å². The van der Waals surface area contributed by atoms with Gasteiger partial charge in [-0.2, -0.15) is 0 Å². The Hall–Kier alpha value is -2.57. The molecule has 3 N–H and O–H groups in total. The number of rotatable bonds is 6. The van der Waals surface area contributed by atoms with Gasteiger partial charge in [0, 0.05) is 17.5 Å². The van der Waals surface area contributed by atoms with E-state index >= 15 is 0 Å². The molecule has 1 heterocycles. The first kappa shape index (κ1) is 16.3. The number of primary amides is 1. The molecule has 122 valence electrons. The number of thiazole rings is 1. The Morgan fingerprint density at radius 2 is 1.88 bits per heavy atom. The Morgan fingerprint density at radius 3 is 2.54 bits per heavy atom.